The van der Waals surface area contributed by atoms with E-state index in [1.165, 1.54) is 0 Å². The minimum absolute atomic E-state index is 0.618. The maximum absolute atomic E-state index is 4.49. The molecule has 1 unspecified atom stereocenters. The van der Waals surface area contributed by atoms with Crippen molar-refractivity contribution >= 4 is 36.0 Å². The monoisotopic (exact) mass is 249 g/mol. The summed E-state index contributed by atoms with van der Waals surface area (Å²) >= 11 is 1.54. The summed E-state index contributed by atoms with van der Waals surface area (Å²) < 4.78 is 0. The van der Waals surface area contributed by atoms with E-state index in [2.05, 4.69) is 31.9 Å². The van der Waals surface area contributed by atoms with Gasteiger partial charge in [0.1, 0.15) is 12.1 Å². The number of nitrogens with one attached hydrogen (secondary N) is 1. The van der Waals surface area contributed by atoms with Crippen molar-refractivity contribution < 1.29 is 0 Å². The van der Waals surface area contributed by atoms with E-state index in [1.807, 2.05) is 13.2 Å². The van der Waals surface area contributed by atoms with Crippen molar-refractivity contribution in [1.29, 1.82) is 0 Å². The molecule has 1 atom stereocenters. The average Bonchev–Trinajstić information content (AvgIpc) is 2.74. The van der Waals surface area contributed by atoms with Gasteiger partial charge in [0.15, 0.2) is 5.84 Å². The number of aliphatic imine (C=N–C) groups is 4. The number of hydrogen-bond acceptors (Lipinski definition) is 5. The van der Waals surface area contributed by atoms with E-state index in [4.69, 9.17) is 0 Å². The maximum atomic E-state index is 4.49. The number of fused-ring (bicyclic) bond motifs is 1. The molecule has 0 fully saturated rings. The molecule has 5 nitrogen and oxygen atoms in total. The molecule has 90 valence electrons. The Kier molecular flexibility index (Phi) is 3.42. The van der Waals surface area contributed by atoms with Crippen LogP contribution in [0, 0.1) is 0 Å². The summed E-state index contributed by atoms with van der Waals surface area (Å²) in [6, 6.07) is 0. The van der Waals surface area contributed by atoms with Crippen LogP contribution in [-0.4, -0.2) is 42.0 Å². The number of thioether (sulfide) groups is 1. The molecule has 2 rings (SSSR count). The third-order valence-electron chi connectivity index (χ3n) is 2.49. The number of hydrogen-bond donors (Lipinski definition) is 1. The summed E-state index contributed by atoms with van der Waals surface area (Å²) in [5, 5.41) is 3.03. The summed E-state index contributed by atoms with van der Waals surface area (Å²) in [5.41, 5.74) is 1.91. The van der Waals surface area contributed by atoms with Gasteiger partial charge < -0.3 is 5.32 Å². The molecule has 0 bridgehead atoms. The maximum Gasteiger partial charge on any atom is 0.246 e. The van der Waals surface area contributed by atoms with E-state index in [-0.39, 0.29) is 0 Å². The van der Waals surface area contributed by atoms with Crippen molar-refractivity contribution in [3.63, 3.8) is 0 Å². The Morgan fingerprint density at radius 2 is 2.41 bits per heavy atom. The molecule has 0 radical (unpaired) electrons. The van der Waals surface area contributed by atoms with Crippen LogP contribution in [0.5, 0.6) is 0 Å². The van der Waals surface area contributed by atoms with Crippen LogP contribution < -0.4 is 5.32 Å². The Hall–Kier alpha value is -1.43. The summed E-state index contributed by atoms with van der Waals surface area (Å²) in [6.45, 7) is 6.56. The lowest BCUT2D eigenvalue weighted by Crippen LogP contribution is -2.46. The highest BCUT2D eigenvalue weighted by Crippen LogP contribution is 2.32. The fraction of sp³-hybridized carbons (Fsp3) is 0.455. The highest BCUT2D eigenvalue weighted by atomic mass is 32.2. The topological polar surface area (TPSA) is 61.5 Å². The summed E-state index contributed by atoms with van der Waals surface area (Å²) in [6.07, 6.45) is 6.03. The van der Waals surface area contributed by atoms with Gasteiger partial charge in [-0.1, -0.05) is 5.57 Å². The van der Waals surface area contributed by atoms with Crippen LogP contribution in [0.4, 0.5) is 0 Å². The van der Waals surface area contributed by atoms with Crippen molar-refractivity contribution in [2.45, 2.75) is 18.3 Å². The summed E-state index contributed by atoms with van der Waals surface area (Å²) in [7, 11) is 0. The second-order valence-electron chi connectivity index (χ2n) is 3.87. The second kappa shape index (κ2) is 4.83. The quantitative estimate of drug-likeness (QED) is 0.767. The zero-order chi connectivity index (χ0) is 12.3. The molecule has 2 aliphatic rings. The standard InChI is InChI=1S/C11H15N5S/c1-8(2)4-5-12-10-9-11(17-3,15-6-13-9)16-7-14-10/h6-7H,1,4-5H2,2-3H3,(H,12,14,16). The first-order chi connectivity index (χ1) is 8.18. The van der Waals surface area contributed by atoms with Gasteiger partial charge in [0.05, 0.1) is 6.34 Å². The lowest BCUT2D eigenvalue weighted by Gasteiger charge is -2.25. The Morgan fingerprint density at radius 3 is 3.12 bits per heavy atom. The molecule has 0 aliphatic carbocycles. The third kappa shape index (κ3) is 2.31. The minimum atomic E-state index is -0.618. The lowest BCUT2D eigenvalue weighted by molar-refractivity contribution is 0.864. The smallest absolute Gasteiger partial charge is 0.246 e. The zero-order valence-electron chi connectivity index (χ0n) is 9.97. The van der Waals surface area contributed by atoms with Gasteiger partial charge in [-0.15, -0.1) is 18.3 Å². The van der Waals surface area contributed by atoms with E-state index < -0.39 is 4.99 Å². The van der Waals surface area contributed by atoms with Crippen LogP contribution in [0.3, 0.4) is 0 Å². The summed E-state index contributed by atoms with van der Waals surface area (Å²) in [4.78, 5) is 16.8. The van der Waals surface area contributed by atoms with Crippen LogP contribution in [0.25, 0.3) is 0 Å². The van der Waals surface area contributed by atoms with Crippen molar-refractivity contribution in [2.24, 2.45) is 20.0 Å². The highest BCUT2D eigenvalue weighted by Gasteiger charge is 2.41. The van der Waals surface area contributed by atoms with Crippen molar-refractivity contribution in [1.82, 2.24) is 5.32 Å². The van der Waals surface area contributed by atoms with E-state index in [1.54, 1.807) is 24.4 Å². The van der Waals surface area contributed by atoms with Crippen molar-refractivity contribution in [2.75, 3.05) is 12.8 Å². The number of amidine groups is 1. The zero-order valence-corrected chi connectivity index (χ0v) is 10.8. The summed E-state index contributed by atoms with van der Waals surface area (Å²) in [5.74, 6) is 0.758. The molecule has 0 aromatic carbocycles. The van der Waals surface area contributed by atoms with Crippen LogP contribution >= 0.6 is 11.8 Å². The van der Waals surface area contributed by atoms with Gasteiger partial charge >= 0.3 is 0 Å². The van der Waals surface area contributed by atoms with Crippen LogP contribution in [0.15, 0.2) is 32.1 Å². The Bertz CT molecular complexity index is 449. The first kappa shape index (κ1) is 12.0. The molecule has 1 N–H and O–H groups in total. The fourth-order valence-electron chi connectivity index (χ4n) is 1.55. The first-order valence-corrected chi connectivity index (χ1v) is 6.57. The predicted octanol–water partition coefficient (Wildman–Crippen LogP) is 1.48. The van der Waals surface area contributed by atoms with Gasteiger partial charge in [0.2, 0.25) is 4.99 Å². The molecule has 0 aromatic heterocycles. The fourth-order valence-corrected chi connectivity index (χ4v) is 2.20. The van der Waals surface area contributed by atoms with Gasteiger partial charge in [-0.2, -0.15) is 0 Å². The molecular formula is C11H15N5S. The van der Waals surface area contributed by atoms with E-state index in [0.29, 0.717) is 6.54 Å². The normalized spacial score (nSPS) is 27.9. The molecule has 0 saturated heterocycles. The number of nitrogens with zero attached hydrogens (tertiary/aromatic N) is 4. The Balaban J connectivity index is 2.17. The molecule has 2 heterocycles. The van der Waals surface area contributed by atoms with Gasteiger partial charge in [-0.05, 0) is 19.6 Å². The van der Waals surface area contributed by atoms with Gasteiger partial charge in [-0.3, -0.25) is 4.99 Å². The highest BCUT2D eigenvalue weighted by molar-refractivity contribution is 8.00. The van der Waals surface area contributed by atoms with E-state index in [0.717, 1.165) is 23.5 Å². The van der Waals surface area contributed by atoms with E-state index in [9.17, 15) is 0 Å². The molecule has 0 spiro atoms. The molecule has 0 aromatic rings. The molecule has 0 amide bonds. The molecule has 0 saturated carbocycles. The van der Waals surface area contributed by atoms with Gasteiger partial charge in [0, 0.05) is 6.54 Å². The van der Waals surface area contributed by atoms with Crippen molar-refractivity contribution in [3.8, 4) is 0 Å². The second-order valence-corrected chi connectivity index (χ2v) is 4.85. The van der Waals surface area contributed by atoms with Crippen LogP contribution in [-0.2, 0) is 0 Å². The third-order valence-corrected chi connectivity index (χ3v) is 3.46. The van der Waals surface area contributed by atoms with Gasteiger partial charge in [-0.25, -0.2) is 15.0 Å². The lowest BCUT2D eigenvalue weighted by atomic mass is 10.2. The molecular weight excluding hydrogens is 234 g/mol. The Morgan fingerprint density at radius 1 is 1.59 bits per heavy atom. The predicted molar refractivity (Wildman–Crippen MR) is 75.5 cm³/mol. The van der Waals surface area contributed by atoms with Gasteiger partial charge in [0.25, 0.3) is 0 Å². The van der Waals surface area contributed by atoms with E-state index >= 15 is 0 Å². The van der Waals surface area contributed by atoms with Crippen molar-refractivity contribution in [3.05, 3.63) is 12.2 Å². The largest absolute Gasteiger partial charge is 0.330 e. The Labute approximate surface area is 105 Å². The molecule has 6 heteroatoms. The number of rotatable bonds is 4. The van der Waals surface area contributed by atoms with Crippen LogP contribution in [0.1, 0.15) is 13.3 Å². The molecule has 17 heavy (non-hydrogen) atoms. The molecule has 2 aliphatic heterocycles. The SMILES string of the molecule is C=C(C)CCN=C1NC=NC2(SC)N=CN=C12. The first-order valence-electron chi connectivity index (χ1n) is 5.34. The van der Waals surface area contributed by atoms with Crippen LogP contribution in [0.2, 0.25) is 0 Å². The average molecular weight is 249 g/mol. The minimum Gasteiger partial charge on any atom is -0.330 e.